The molecule has 1 atom stereocenters. The third-order valence-corrected chi connectivity index (χ3v) is 2.78. The first-order valence-electron chi connectivity index (χ1n) is 5.93. The monoisotopic (exact) mass is 275 g/mol. The predicted octanol–water partition coefficient (Wildman–Crippen LogP) is 1.64. The number of hydrogen-bond donors (Lipinski definition) is 0. The summed E-state index contributed by atoms with van der Waals surface area (Å²) >= 11 is 0. The van der Waals surface area contributed by atoms with Crippen LogP contribution < -0.4 is 0 Å². The highest BCUT2D eigenvalue weighted by molar-refractivity contribution is 5.95. The molecule has 0 bridgehead atoms. The van der Waals surface area contributed by atoms with Crippen LogP contribution in [0.1, 0.15) is 35.0 Å². The molecule has 1 unspecified atom stereocenters. The van der Waals surface area contributed by atoms with E-state index in [4.69, 9.17) is 0 Å². The topological polar surface area (TPSA) is 104 Å². The van der Waals surface area contributed by atoms with Gasteiger partial charge in [0.25, 0.3) is 0 Å². The average molecular weight is 275 g/mol. The first-order valence-corrected chi connectivity index (χ1v) is 5.93. The van der Waals surface area contributed by atoms with Crippen LogP contribution in [0.3, 0.4) is 0 Å². The molecule has 0 aliphatic rings. The van der Waals surface area contributed by atoms with Gasteiger partial charge in [-0.05, 0) is 26.8 Å². The molecular weight excluding hydrogens is 262 g/mol. The Kier molecular flexibility index (Phi) is 3.55. The zero-order valence-corrected chi connectivity index (χ0v) is 11.3. The molecule has 0 N–H and O–H groups in total. The molecule has 8 heteroatoms. The number of Topliss-reactive ketones (excluding diaryl/α,β-unsaturated/α-hetero) is 1. The number of carbonyl (C=O) groups excluding carboxylic acids is 1. The second-order valence-corrected chi connectivity index (χ2v) is 4.45. The third-order valence-electron chi connectivity index (χ3n) is 2.78. The van der Waals surface area contributed by atoms with Crippen molar-refractivity contribution >= 4 is 11.5 Å². The lowest BCUT2D eigenvalue weighted by atomic mass is 10.2. The maximum absolute atomic E-state index is 12.3. The molecule has 0 aliphatic carbocycles. The van der Waals surface area contributed by atoms with Crippen LogP contribution in [-0.2, 0) is 0 Å². The van der Waals surface area contributed by atoms with Crippen molar-refractivity contribution in [3.63, 3.8) is 0 Å². The number of nitrogens with zero attached hydrogens (tertiary/aromatic N) is 5. The van der Waals surface area contributed by atoms with E-state index in [1.807, 2.05) is 0 Å². The van der Waals surface area contributed by atoms with Crippen LogP contribution in [0.15, 0.2) is 18.5 Å². The van der Waals surface area contributed by atoms with Crippen LogP contribution in [-0.4, -0.2) is 30.5 Å². The first kappa shape index (κ1) is 13.8. The Morgan fingerprint density at radius 3 is 2.45 bits per heavy atom. The summed E-state index contributed by atoms with van der Waals surface area (Å²) in [6.45, 7) is 5.14. The van der Waals surface area contributed by atoms with Crippen molar-refractivity contribution in [1.29, 1.82) is 0 Å². The zero-order valence-electron chi connectivity index (χ0n) is 11.3. The molecule has 0 fully saturated rings. The molecule has 8 nitrogen and oxygen atoms in total. The zero-order chi connectivity index (χ0) is 14.9. The van der Waals surface area contributed by atoms with Crippen LogP contribution in [0.25, 0.3) is 0 Å². The molecule has 20 heavy (non-hydrogen) atoms. The van der Waals surface area contributed by atoms with Crippen molar-refractivity contribution < 1.29 is 9.72 Å². The second-order valence-electron chi connectivity index (χ2n) is 4.45. The molecule has 0 saturated heterocycles. The second kappa shape index (κ2) is 5.16. The summed E-state index contributed by atoms with van der Waals surface area (Å²) in [7, 11) is 0. The quantitative estimate of drug-likeness (QED) is 0.477. The number of aromatic nitrogens is 4. The van der Waals surface area contributed by atoms with Gasteiger partial charge in [-0.15, -0.1) is 0 Å². The molecule has 104 valence electrons. The van der Waals surface area contributed by atoms with Gasteiger partial charge in [0.15, 0.2) is 5.82 Å². The molecule has 0 aliphatic heterocycles. The fraction of sp³-hybridized carbons (Fsp3) is 0.333. The first-order chi connectivity index (χ1) is 9.38. The van der Waals surface area contributed by atoms with E-state index in [1.54, 1.807) is 26.8 Å². The Morgan fingerprint density at radius 2 is 1.95 bits per heavy atom. The summed E-state index contributed by atoms with van der Waals surface area (Å²) in [5.74, 6) is -0.247. The summed E-state index contributed by atoms with van der Waals surface area (Å²) in [6, 6.07) is 1.06. The third kappa shape index (κ3) is 2.68. The molecule has 0 radical (unpaired) electrons. The van der Waals surface area contributed by atoms with Crippen LogP contribution in [0.4, 0.5) is 5.69 Å². The van der Waals surface area contributed by atoms with Crippen LogP contribution in [0.2, 0.25) is 0 Å². The van der Waals surface area contributed by atoms with Gasteiger partial charge in [0, 0.05) is 11.4 Å². The van der Waals surface area contributed by atoms with Gasteiger partial charge in [0.2, 0.25) is 5.78 Å². The number of rotatable bonds is 4. The minimum Gasteiger partial charge on any atom is -0.288 e. The van der Waals surface area contributed by atoms with Gasteiger partial charge in [0.05, 0.1) is 4.92 Å². The fourth-order valence-electron chi connectivity index (χ4n) is 1.78. The summed E-state index contributed by atoms with van der Waals surface area (Å²) < 4.78 is 1.24. The van der Waals surface area contributed by atoms with Gasteiger partial charge in [-0.25, -0.2) is 9.97 Å². The fourth-order valence-corrected chi connectivity index (χ4v) is 1.78. The summed E-state index contributed by atoms with van der Waals surface area (Å²) in [6.07, 6.45) is 2.32. The Morgan fingerprint density at radius 1 is 1.35 bits per heavy atom. The standard InChI is InChI=1S/C12H13N5O3/c1-7-4-8(2)15-12(14-7)11(18)9(3)16-6-10(5-13-16)17(19)20/h4-6,9H,1-3H3. The lowest BCUT2D eigenvalue weighted by Crippen LogP contribution is -2.20. The summed E-state index contributed by atoms with van der Waals surface area (Å²) in [5.41, 5.74) is 1.23. The van der Waals surface area contributed by atoms with Crippen molar-refractivity contribution in [2.75, 3.05) is 0 Å². The minimum absolute atomic E-state index is 0.0909. The number of hydrogen-bond acceptors (Lipinski definition) is 6. The average Bonchev–Trinajstić information content (AvgIpc) is 2.85. The highest BCUT2D eigenvalue weighted by atomic mass is 16.6. The van der Waals surface area contributed by atoms with Crippen molar-refractivity contribution in [3.8, 4) is 0 Å². The smallest absolute Gasteiger partial charge is 0.288 e. The highest BCUT2D eigenvalue weighted by Crippen LogP contribution is 2.16. The molecule has 0 amide bonds. The SMILES string of the molecule is Cc1cc(C)nc(C(=O)C(C)n2cc([N+](=O)[O-])cn2)n1. The molecule has 2 heterocycles. The summed E-state index contributed by atoms with van der Waals surface area (Å²) in [4.78, 5) is 30.5. The van der Waals surface area contributed by atoms with Gasteiger partial charge in [-0.3, -0.25) is 19.6 Å². The number of nitro groups is 1. The van der Waals surface area contributed by atoms with Crippen LogP contribution in [0, 0.1) is 24.0 Å². The maximum Gasteiger partial charge on any atom is 0.307 e. The molecule has 2 aromatic heterocycles. The van der Waals surface area contributed by atoms with Crippen molar-refractivity contribution in [2.45, 2.75) is 26.8 Å². The summed E-state index contributed by atoms with van der Waals surface area (Å²) in [5, 5.41) is 14.4. The van der Waals surface area contributed by atoms with E-state index in [0.717, 1.165) is 6.20 Å². The van der Waals surface area contributed by atoms with Gasteiger partial charge in [0.1, 0.15) is 18.4 Å². The highest BCUT2D eigenvalue weighted by Gasteiger charge is 2.22. The maximum atomic E-state index is 12.3. The Balaban J connectivity index is 2.29. The molecule has 2 aromatic rings. The number of aryl methyl sites for hydroxylation is 2. The van der Waals surface area contributed by atoms with Crippen molar-refractivity contribution in [2.24, 2.45) is 0 Å². The van der Waals surface area contributed by atoms with E-state index >= 15 is 0 Å². The molecule has 0 saturated carbocycles. The van der Waals surface area contributed by atoms with E-state index in [-0.39, 0.29) is 17.3 Å². The Labute approximate surface area is 114 Å². The van der Waals surface area contributed by atoms with Gasteiger partial charge in [-0.2, -0.15) is 5.10 Å². The normalized spacial score (nSPS) is 12.2. The van der Waals surface area contributed by atoms with E-state index in [2.05, 4.69) is 15.1 Å². The van der Waals surface area contributed by atoms with Crippen molar-refractivity contribution in [1.82, 2.24) is 19.7 Å². The molecule has 0 spiro atoms. The van der Waals surface area contributed by atoms with Gasteiger partial charge < -0.3 is 0 Å². The van der Waals surface area contributed by atoms with Crippen LogP contribution in [0.5, 0.6) is 0 Å². The Bertz CT molecular complexity index is 659. The number of ketones is 1. The predicted molar refractivity (Wildman–Crippen MR) is 69.4 cm³/mol. The van der Waals surface area contributed by atoms with E-state index in [1.165, 1.54) is 10.9 Å². The van der Waals surface area contributed by atoms with E-state index in [9.17, 15) is 14.9 Å². The van der Waals surface area contributed by atoms with Crippen LogP contribution >= 0.6 is 0 Å². The van der Waals surface area contributed by atoms with E-state index in [0.29, 0.717) is 11.4 Å². The van der Waals surface area contributed by atoms with Gasteiger partial charge >= 0.3 is 5.69 Å². The van der Waals surface area contributed by atoms with Gasteiger partial charge in [-0.1, -0.05) is 0 Å². The number of carbonyl (C=O) groups is 1. The van der Waals surface area contributed by atoms with E-state index < -0.39 is 11.0 Å². The van der Waals surface area contributed by atoms with Crippen molar-refractivity contribution in [3.05, 3.63) is 45.8 Å². The largest absolute Gasteiger partial charge is 0.307 e. The molecule has 0 aromatic carbocycles. The lowest BCUT2D eigenvalue weighted by Gasteiger charge is -2.10. The lowest BCUT2D eigenvalue weighted by molar-refractivity contribution is -0.385. The Hall–Kier alpha value is -2.64. The molecule has 2 rings (SSSR count). The minimum atomic E-state index is -0.704. The molecular formula is C12H13N5O3.